The number of aromatic nitrogens is 3. The lowest BCUT2D eigenvalue weighted by atomic mass is 9.83. The zero-order valence-corrected chi connectivity index (χ0v) is 11.7. The molecule has 0 amide bonds. The van der Waals surface area contributed by atoms with Gasteiger partial charge >= 0.3 is 0 Å². The summed E-state index contributed by atoms with van der Waals surface area (Å²) in [6.45, 7) is 6.45. The maximum atomic E-state index is 4.40. The molecule has 1 saturated carbocycles. The standard InChI is InChI=1S/C14H26N4/c1-3-8-15-13-7-5-6-12(9-13)10-14-16-11-17-18(14)4-2/h11-13,15H,3-10H2,1-2H3. The SMILES string of the molecule is CCCNC1CCCC(Cc2ncnn2CC)C1. The molecule has 0 bridgehead atoms. The molecule has 102 valence electrons. The van der Waals surface area contributed by atoms with Crippen molar-refractivity contribution in [2.24, 2.45) is 5.92 Å². The Kier molecular flexibility index (Phi) is 5.17. The second kappa shape index (κ2) is 6.88. The molecule has 1 fully saturated rings. The van der Waals surface area contributed by atoms with Gasteiger partial charge in [0.2, 0.25) is 0 Å². The summed E-state index contributed by atoms with van der Waals surface area (Å²) in [4.78, 5) is 4.40. The van der Waals surface area contributed by atoms with Crippen LogP contribution in [0.2, 0.25) is 0 Å². The molecule has 1 heterocycles. The number of aryl methyl sites for hydroxylation is 1. The maximum Gasteiger partial charge on any atom is 0.138 e. The van der Waals surface area contributed by atoms with E-state index >= 15 is 0 Å². The third-order valence-corrected chi connectivity index (χ3v) is 3.93. The summed E-state index contributed by atoms with van der Waals surface area (Å²) in [5, 5.41) is 7.93. The van der Waals surface area contributed by atoms with Crippen LogP contribution in [0.25, 0.3) is 0 Å². The van der Waals surface area contributed by atoms with E-state index in [2.05, 4.69) is 29.2 Å². The molecule has 4 nitrogen and oxygen atoms in total. The van der Waals surface area contributed by atoms with Gasteiger partial charge in [-0.15, -0.1) is 0 Å². The molecule has 0 radical (unpaired) electrons. The van der Waals surface area contributed by atoms with Crippen LogP contribution in [0.5, 0.6) is 0 Å². The van der Waals surface area contributed by atoms with Crippen LogP contribution in [0.1, 0.15) is 51.8 Å². The normalized spacial score (nSPS) is 24.3. The van der Waals surface area contributed by atoms with Gasteiger partial charge < -0.3 is 5.32 Å². The lowest BCUT2D eigenvalue weighted by Crippen LogP contribution is -2.35. The smallest absolute Gasteiger partial charge is 0.138 e. The van der Waals surface area contributed by atoms with E-state index in [1.165, 1.54) is 37.9 Å². The predicted octanol–water partition coefficient (Wildman–Crippen LogP) is 2.40. The Morgan fingerprint density at radius 2 is 2.28 bits per heavy atom. The average Bonchev–Trinajstić information content (AvgIpc) is 2.84. The summed E-state index contributed by atoms with van der Waals surface area (Å²) >= 11 is 0. The van der Waals surface area contributed by atoms with Gasteiger partial charge in [0.05, 0.1) is 0 Å². The number of hydrogen-bond donors (Lipinski definition) is 1. The predicted molar refractivity (Wildman–Crippen MR) is 73.4 cm³/mol. The summed E-state index contributed by atoms with van der Waals surface area (Å²) in [6.07, 6.45) is 9.36. The lowest BCUT2D eigenvalue weighted by molar-refractivity contribution is 0.279. The Labute approximate surface area is 110 Å². The summed E-state index contributed by atoms with van der Waals surface area (Å²) in [5.74, 6) is 1.95. The Balaban J connectivity index is 1.85. The molecule has 0 aromatic carbocycles. The van der Waals surface area contributed by atoms with Crippen molar-refractivity contribution >= 4 is 0 Å². The second-order valence-corrected chi connectivity index (χ2v) is 5.38. The highest BCUT2D eigenvalue weighted by molar-refractivity contribution is 4.90. The minimum atomic E-state index is 0.724. The summed E-state index contributed by atoms with van der Waals surface area (Å²) in [7, 11) is 0. The number of nitrogens with zero attached hydrogens (tertiary/aromatic N) is 3. The Hall–Kier alpha value is -0.900. The van der Waals surface area contributed by atoms with Crippen molar-refractivity contribution < 1.29 is 0 Å². The molecule has 1 aliphatic rings. The minimum Gasteiger partial charge on any atom is -0.314 e. The van der Waals surface area contributed by atoms with Crippen LogP contribution in [-0.2, 0) is 13.0 Å². The fraction of sp³-hybridized carbons (Fsp3) is 0.857. The molecular formula is C14H26N4. The fourth-order valence-corrected chi connectivity index (χ4v) is 2.98. The Morgan fingerprint density at radius 1 is 1.39 bits per heavy atom. The van der Waals surface area contributed by atoms with Gasteiger partial charge in [0.1, 0.15) is 12.2 Å². The van der Waals surface area contributed by atoms with Crippen LogP contribution in [0.3, 0.4) is 0 Å². The van der Waals surface area contributed by atoms with Gasteiger partial charge in [-0.25, -0.2) is 4.98 Å². The third-order valence-electron chi connectivity index (χ3n) is 3.93. The molecule has 1 aliphatic carbocycles. The van der Waals surface area contributed by atoms with Gasteiger partial charge in [-0.3, -0.25) is 4.68 Å². The van der Waals surface area contributed by atoms with Gasteiger partial charge in [0, 0.05) is 19.0 Å². The van der Waals surface area contributed by atoms with Gasteiger partial charge in [-0.05, 0) is 45.1 Å². The molecule has 1 aromatic heterocycles. The van der Waals surface area contributed by atoms with E-state index in [4.69, 9.17) is 0 Å². The topological polar surface area (TPSA) is 42.7 Å². The lowest BCUT2D eigenvalue weighted by Gasteiger charge is -2.29. The second-order valence-electron chi connectivity index (χ2n) is 5.38. The Bertz CT molecular complexity index is 347. The molecular weight excluding hydrogens is 224 g/mol. The van der Waals surface area contributed by atoms with Gasteiger partial charge in [-0.2, -0.15) is 5.10 Å². The largest absolute Gasteiger partial charge is 0.314 e. The van der Waals surface area contributed by atoms with Crippen LogP contribution in [0, 0.1) is 5.92 Å². The highest BCUT2D eigenvalue weighted by atomic mass is 15.3. The number of nitrogens with one attached hydrogen (secondary N) is 1. The maximum absolute atomic E-state index is 4.40. The molecule has 0 spiro atoms. The van der Waals surface area contributed by atoms with Crippen LogP contribution < -0.4 is 5.32 Å². The van der Waals surface area contributed by atoms with Crippen molar-refractivity contribution in [3.63, 3.8) is 0 Å². The fourth-order valence-electron chi connectivity index (χ4n) is 2.98. The Morgan fingerprint density at radius 3 is 3.06 bits per heavy atom. The van der Waals surface area contributed by atoms with E-state index in [9.17, 15) is 0 Å². The van der Waals surface area contributed by atoms with E-state index in [-0.39, 0.29) is 0 Å². The van der Waals surface area contributed by atoms with Crippen LogP contribution in [0.15, 0.2) is 6.33 Å². The minimum absolute atomic E-state index is 0.724. The first kappa shape index (κ1) is 13.5. The molecule has 1 aromatic rings. The van der Waals surface area contributed by atoms with E-state index < -0.39 is 0 Å². The molecule has 0 saturated heterocycles. The number of rotatable bonds is 6. The van der Waals surface area contributed by atoms with E-state index in [1.807, 2.05) is 4.68 Å². The van der Waals surface area contributed by atoms with E-state index in [0.29, 0.717) is 0 Å². The van der Waals surface area contributed by atoms with Gasteiger partial charge in [0.25, 0.3) is 0 Å². The molecule has 18 heavy (non-hydrogen) atoms. The molecule has 2 atom stereocenters. The number of hydrogen-bond acceptors (Lipinski definition) is 3. The van der Waals surface area contributed by atoms with Crippen molar-refractivity contribution in [2.75, 3.05) is 6.54 Å². The van der Waals surface area contributed by atoms with Crippen LogP contribution >= 0.6 is 0 Å². The van der Waals surface area contributed by atoms with Crippen molar-refractivity contribution in [1.29, 1.82) is 0 Å². The first-order chi connectivity index (χ1) is 8.83. The monoisotopic (exact) mass is 250 g/mol. The zero-order chi connectivity index (χ0) is 12.8. The molecule has 2 rings (SSSR count). The van der Waals surface area contributed by atoms with Crippen molar-refractivity contribution in [1.82, 2.24) is 20.1 Å². The van der Waals surface area contributed by atoms with Crippen LogP contribution in [0.4, 0.5) is 0 Å². The summed E-state index contributed by atoms with van der Waals surface area (Å²) in [5.41, 5.74) is 0. The van der Waals surface area contributed by atoms with E-state index in [1.54, 1.807) is 6.33 Å². The summed E-state index contributed by atoms with van der Waals surface area (Å²) < 4.78 is 2.03. The first-order valence-corrected chi connectivity index (χ1v) is 7.43. The van der Waals surface area contributed by atoms with Gasteiger partial charge in [0.15, 0.2) is 0 Å². The first-order valence-electron chi connectivity index (χ1n) is 7.43. The van der Waals surface area contributed by atoms with Gasteiger partial charge in [-0.1, -0.05) is 13.3 Å². The summed E-state index contributed by atoms with van der Waals surface area (Å²) in [6, 6.07) is 0.724. The molecule has 4 heteroatoms. The highest BCUT2D eigenvalue weighted by Gasteiger charge is 2.22. The average molecular weight is 250 g/mol. The van der Waals surface area contributed by atoms with Crippen molar-refractivity contribution in [3.05, 3.63) is 12.2 Å². The van der Waals surface area contributed by atoms with Crippen molar-refractivity contribution in [2.45, 2.75) is 65.0 Å². The van der Waals surface area contributed by atoms with Crippen LogP contribution in [-0.4, -0.2) is 27.4 Å². The van der Waals surface area contributed by atoms with Crippen molar-refractivity contribution in [3.8, 4) is 0 Å². The molecule has 1 N–H and O–H groups in total. The highest BCUT2D eigenvalue weighted by Crippen LogP contribution is 2.26. The van der Waals surface area contributed by atoms with E-state index in [0.717, 1.165) is 31.5 Å². The third kappa shape index (κ3) is 3.55. The quantitative estimate of drug-likeness (QED) is 0.843. The zero-order valence-electron chi connectivity index (χ0n) is 11.7. The molecule has 2 unspecified atom stereocenters. The molecule has 0 aliphatic heterocycles.